The Hall–Kier alpha value is -5.49. The Labute approximate surface area is 302 Å². The van der Waals surface area contributed by atoms with Gasteiger partial charge in [0.2, 0.25) is 5.91 Å². The maximum Gasteiger partial charge on any atom is 0.272 e. The van der Waals surface area contributed by atoms with Gasteiger partial charge in [-0.05, 0) is 84.6 Å². The van der Waals surface area contributed by atoms with Gasteiger partial charge in [0.15, 0.2) is 5.13 Å². The van der Waals surface area contributed by atoms with Gasteiger partial charge in [0.05, 0.1) is 12.3 Å². The number of benzene rings is 4. The second kappa shape index (κ2) is 16.8. The lowest BCUT2D eigenvalue weighted by molar-refractivity contribution is -0.116. The molecule has 0 aliphatic carbocycles. The van der Waals surface area contributed by atoms with Crippen molar-refractivity contribution in [3.8, 4) is 17.0 Å². The van der Waals surface area contributed by atoms with E-state index in [1.165, 1.54) is 34.4 Å². The van der Waals surface area contributed by atoms with Gasteiger partial charge in [-0.1, -0.05) is 60.7 Å². The Kier molecular flexibility index (Phi) is 11.5. The van der Waals surface area contributed by atoms with Crippen LogP contribution in [0.15, 0.2) is 143 Å². The van der Waals surface area contributed by atoms with Gasteiger partial charge in [0.1, 0.15) is 16.7 Å². The minimum absolute atomic E-state index is 0.106. The highest BCUT2D eigenvalue weighted by molar-refractivity contribution is 8.00. The maximum absolute atomic E-state index is 13.8. The summed E-state index contributed by atoms with van der Waals surface area (Å²) in [7, 11) is 0. The highest BCUT2D eigenvalue weighted by atomic mass is 32.2. The van der Waals surface area contributed by atoms with E-state index in [9.17, 15) is 14.4 Å². The van der Waals surface area contributed by atoms with Crippen LogP contribution in [0.4, 0.5) is 10.8 Å². The molecule has 0 fully saturated rings. The second-order valence-corrected chi connectivity index (χ2v) is 13.8. The van der Waals surface area contributed by atoms with Crippen molar-refractivity contribution in [3.05, 3.63) is 154 Å². The van der Waals surface area contributed by atoms with Gasteiger partial charge in [-0.3, -0.25) is 14.4 Å². The van der Waals surface area contributed by atoms with Crippen LogP contribution in [0.1, 0.15) is 33.0 Å². The molecular weight excluding hydrogens is 685 g/mol. The highest BCUT2D eigenvalue weighted by Gasteiger charge is 2.24. The van der Waals surface area contributed by atoms with Crippen molar-refractivity contribution < 1.29 is 19.1 Å². The molecule has 0 spiro atoms. The normalized spacial score (nSPS) is 11.7. The lowest BCUT2D eigenvalue weighted by atomic mass is 10.1. The Balaban J connectivity index is 1.18. The fourth-order valence-electron chi connectivity index (χ4n) is 4.86. The number of nitrogens with one attached hydrogen (secondary N) is 3. The minimum Gasteiger partial charge on any atom is -0.494 e. The predicted octanol–water partition coefficient (Wildman–Crippen LogP) is 9.15. The number of nitrogens with zero attached hydrogens (tertiary/aromatic N) is 1. The molecule has 0 aliphatic heterocycles. The number of hydrogen-bond donors (Lipinski definition) is 3. The molecule has 2 aromatic heterocycles. The fourth-order valence-corrected chi connectivity index (χ4v) is 7.33. The quantitative estimate of drug-likeness (QED) is 0.0813. The number of thiophene rings is 1. The van der Waals surface area contributed by atoms with Gasteiger partial charge in [0.25, 0.3) is 11.8 Å². The largest absolute Gasteiger partial charge is 0.494 e. The Morgan fingerprint density at radius 3 is 2.32 bits per heavy atom. The summed E-state index contributed by atoms with van der Waals surface area (Å²) in [4.78, 5) is 46.6. The number of rotatable bonds is 13. The second-order valence-electron chi connectivity index (χ2n) is 10.8. The fraction of sp³-hybridized carbons (Fsp3) is 0.0769. The third kappa shape index (κ3) is 9.14. The van der Waals surface area contributed by atoms with Crippen LogP contribution >= 0.6 is 34.4 Å². The Bertz CT molecular complexity index is 2080. The van der Waals surface area contributed by atoms with Gasteiger partial charge in [-0.2, -0.15) is 0 Å². The number of thioether (sulfide) groups is 1. The molecule has 11 heteroatoms. The minimum atomic E-state index is -0.612. The van der Waals surface area contributed by atoms with Crippen molar-refractivity contribution >= 4 is 69.1 Å². The first-order valence-electron chi connectivity index (χ1n) is 15.7. The first kappa shape index (κ1) is 34.4. The van der Waals surface area contributed by atoms with Gasteiger partial charge in [0, 0.05) is 32.0 Å². The van der Waals surface area contributed by atoms with Crippen LogP contribution in [0.2, 0.25) is 0 Å². The molecule has 2 heterocycles. The number of aromatic nitrogens is 1. The van der Waals surface area contributed by atoms with E-state index < -0.39 is 17.1 Å². The number of amides is 3. The SMILES string of the molecule is CCOc1ccc(-c2csc(NC(=O)C(Sc3cccc(NC(=O)/C(=C/c4cccs4)NC(=O)c4ccccc4)c3)c3ccccc3)n2)cc1. The molecule has 1 unspecified atom stereocenters. The van der Waals surface area contributed by atoms with Crippen LogP contribution in [-0.4, -0.2) is 29.3 Å². The van der Waals surface area contributed by atoms with Crippen LogP contribution in [0, 0.1) is 0 Å². The van der Waals surface area contributed by atoms with E-state index in [0.717, 1.165) is 32.3 Å². The summed E-state index contributed by atoms with van der Waals surface area (Å²) in [5.74, 6) is -0.310. The monoisotopic (exact) mass is 716 g/mol. The molecule has 6 rings (SSSR count). The van der Waals surface area contributed by atoms with E-state index in [1.807, 2.05) is 103 Å². The third-order valence-electron chi connectivity index (χ3n) is 7.24. The van der Waals surface area contributed by atoms with E-state index in [1.54, 1.807) is 42.5 Å². The van der Waals surface area contributed by atoms with Gasteiger partial charge < -0.3 is 20.7 Å². The number of anilines is 2. The predicted molar refractivity (Wildman–Crippen MR) is 204 cm³/mol. The third-order valence-corrected chi connectivity index (χ3v) is 10.1. The molecule has 4 aromatic carbocycles. The van der Waals surface area contributed by atoms with Crippen LogP contribution in [0.5, 0.6) is 5.75 Å². The maximum atomic E-state index is 13.8. The van der Waals surface area contributed by atoms with Crippen LogP contribution in [0.3, 0.4) is 0 Å². The summed E-state index contributed by atoms with van der Waals surface area (Å²) < 4.78 is 5.54. The average Bonchev–Trinajstić information content (AvgIpc) is 3.84. The van der Waals surface area contributed by atoms with E-state index in [2.05, 4.69) is 20.9 Å². The van der Waals surface area contributed by atoms with Crippen LogP contribution < -0.4 is 20.7 Å². The van der Waals surface area contributed by atoms with Gasteiger partial charge in [-0.25, -0.2) is 4.98 Å². The van der Waals surface area contributed by atoms with Crippen LogP contribution in [0.25, 0.3) is 17.3 Å². The topological polar surface area (TPSA) is 109 Å². The summed E-state index contributed by atoms with van der Waals surface area (Å²) in [6.07, 6.45) is 1.65. The first-order chi connectivity index (χ1) is 24.4. The zero-order valence-electron chi connectivity index (χ0n) is 26.9. The number of ether oxygens (including phenoxy) is 1. The van der Waals surface area contributed by atoms with E-state index in [4.69, 9.17) is 4.74 Å². The van der Waals surface area contributed by atoms with Crippen molar-refractivity contribution in [2.75, 3.05) is 17.2 Å². The molecule has 3 amide bonds. The van der Waals surface area contributed by atoms with Crippen molar-refractivity contribution in [1.29, 1.82) is 0 Å². The molecule has 50 heavy (non-hydrogen) atoms. The summed E-state index contributed by atoms with van der Waals surface area (Å²) >= 11 is 4.17. The molecule has 1 atom stereocenters. The molecular formula is C39H32N4O4S3. The molecule has 3 N–H and O–H groups in total. The summed E-state index contributed by atoms with van der Waals surface area (Å²) in [6, 6.07) is 36.9. The van der Waals surface area contributed by atoms with Gasteiger partial charge >= 0.3 is 0 Å². The summed E-state index contributed by atoms with van der Waals surface area (Å²) in [5.41, 5.74) is 3.55. The van der Waals surface area contributed by atoms with Crippen LogP contribution in [-0.2, 0) is 9.59 Å². The molecule has 0 bridgehead atoms. The standard InChI is InChI=1S/C39H32N4O4S3/c1-2-47-30-20-18-26(19-21-30)34-25-49-39(42-34)43-38(46)35(27-11-5-3-6-12-27)50-32-16-9-15-29(23-32)40-37(45)33(24-31-17-10-22-48-31)41-36(44)28-13-7-4-8-14-28/h3-25,35H,2H2,1H3,(H,40,45)(H,41,44)(H,42,43,46)/b33-24-. The number of carbonyl (C=O) groups is 3. The van der Waals surface area contributed by atoms with E-state index in [-0.39, 0.29) is 11.6 Å². The molecule has 0 radical (unpaired) electrons. The smallest absolute Gasteiger partial charge is 0.272 e. The van der Waals surface area contributed by atoms with Crippen molar-refractivity contribution in [3.63, 3.8) is 0 Å². The van der Waals surface area contributed by atoms with E-state index >= 15 is 0 Å². The van der Waals surface area contributed by atoms with E-state index in [0.29, 0.717) is 23.0 Å². The number of hydrogen-bond acceptors (Lipinski definition) is 8. The summed E-state index contributed by atoms with van der Waals surface area (Å²) in [6.45, 7) is 2.53. The van der Waals surface area contributed by atoms with Crippen molar-refractivity contribution in [1.82, 2.24) is 10.3 Å². The highest BCUT2D eigenvalue weighted by Crippen LogP contribution is 2.38. The molecule has 250 valence electrons. The zero-order valence-corrected chi connectivity index (χ0v) is 29.3. The average molecular weight is 717 g/mol. The Morgan fingerprint density at radius 2 is 1.60 bits per heavy atom. The molecule has 0 aliphatic rings. The number of carbonyl (C=O) groups excluding carboxylic acids is 3. The zero-order chi connectivity index (χ0) is 34.7. The van der Waals surface area contributed by atoms with Crippen molar-refractivity contribution in [2.24, 2.45) is 0 Å². The lowest BCUT2D eigenvalue weighted by Crippen LogP contribution is -2.30. The number of thiazole rings is 1. The molecule has 8 nitrogen and oxygen atoms in total. The van der Waals surface area contributed by atoms with Crippen molar-refractivity contribution in [2.45, 2.75) is 17.1 Å². The first-order valence-corrected chi connectivity index (χ1v) is 18.3. The van der Waals surface area contributed by atoms with Gasteiger partial charge in [-0.15, -0.1) is 34.4 Å². The lowest BCUT2D eigenvalue weighted by Gasteiger charge is -2.17. The summed E-state index contributed by atoms with van der Waals surface area (Å²) in [5, 5.41) is 12.4. The molecule has 6 aromatic rings. The molecule has 0 saturated heterocycles. The molecule has 0 saturated carbocycles. The Morgan fingerprint density at radius 1 is 0.840 bits per heavy atom.